The van der Waals surface area contributed by atoms with Gasteiger partial charge in [-0.25, -0.2) is 4.79 Å². The van der Waals surface area contributed by atoms with Crippen LogP contribution in [-0.2, 0) is 9.59 Å². The van der Waals surface area contributed by atoms with Crippen LogP contribution in [0.4, 0.5) is 0 Å². The third-order valence-electron chi connectivity index (χ3n) is 5.49. The second-order valence-corrected chi connectivity index (χ2v) is 8.30. The topological polar surface area (TPSA) is 66.4 Å². The molecule has 2 N–H and O–H groups in total. The average molecular weight is 398 g/mol. The molecule has 1 amide bonds. The zero-order chi connectivity index (χ0) is 20.9. The first-order chi connectivity index (χ1) is 13.6. The molecule has 0 aliphatic heterocycles. The van der Waals surface area contributed by atoms with Crippen LogP contribution in [-0.4, -0.2) is 23.0 Å². The van der Waals surface area contributed by atoms with Crippen molar-refractivity contribution in [2.75, 3.05) is 0 Å². The standard InChI is InChI=1S/C24H47NO3/c1-3-5-7-8-9-10-11-12-13-14-15-16-17-18-19-21-23(26)25-22(24(27)28)20-6-4-2/h22H,3-21H2,1-2H3,(H,25,26)(H,27,28)/t22-/m0/s1. The summed E-state index contributed by atoms with van der Waals surface area (Å²) >= 11 is 0. The molecule has 0 spiro atoms. The van der Waals surface area contributed by atoms with E-state index in [0.717, 1.165) is 25.7 Å². The minimum absolute atomic E-state index is 0.113. The van der Waals surface area contributed by atoms with E-state index in [1.807, 2.05) is 6.92 Å². The highest BCUT2D eigenvalue weighted by atomic mass is 16.4. The normalized spacial score (nSPS) is 12.1. The van der Waals surface area contributed by atoms with E-state index in [4.69, 9.17) is 5.11 Å². The van der Waals surface area contributed by atoms with Gasteiger partial charge in [0.05, 0.1) is 0 Å². The molecule has 0 saturated heterocycles. The summed E-state index contributed by atoms with van der Waals surface area (Å²) in [5.74, 6) is -1.03. The molecular formula is C24H47NO3. The van der Waals surface area contributed by atoms with Gasteiger partial charge in [0.1, 0.15) is 6.04 Å². The zero-order valence-corrected chi connectivity index (χ0v) is 18.8. The van der Waals surface area contributed by atoms with Crippen molar-refractivity contribution >= 4 is 11.9 Å². The molecule has 0 bridgehead atoms. The van der Waals surface area contributed by atoms with Crippen LogP contribution < -0.4 is 5.32 Å². The highest BCUT2D eigenvalue weighted by molar-refractivity contribution is 5.83. The van der Waals surface area contributed by atoms with Crippen molar-refractivity contribution in [1.29, 1.82) is 0 Å². The van der Waals surface area contributed by atoms with E-state index in [9.17, 15) is 9.59 Å². The lowest BCUT2D eigenvalue weighted by molar-refractivity contribution is -0.142. The smallest absolute Gasteiger partial charge is 0.326 e. The SMILES string of the molecule is CCCCCCCCCCCCCCCCCC(=O)N[C@@H](CCCC)C(=O)O. The summed E-state index contributed by atoms with van der Waals surface area (Å²) in [6.07, 6.45) is 22.3. The van der Waals surface area contributed by atoms with Crippen LogP contribution in [0.3, 0.4) is 0 Å². The molecule has 28 heavy (non-hydrogen) atoms. The van der Waals surface area contributed by atoms with Crippen LogP contribution in [0.2, 0.25) is 0 Å². The molecule has 0 unspecified atom stereocenters. The number of carbonyl (C=O) groups excluding carboxylic acids is 1. The second kappa shape index (κ2) is 20.7. The van der Waals surface area contributed by atoms with E-state index in [-0.39, 0.29) is 5.91 Å². The quantitative estimate of drug-likeness (QED) is 0.205. The van der Waals surface area contributed by atoms with Gasteiger partial charge in [-0.3, -0.25) is 4.79 Å². The lowest BCUT2D eigenvalue weighted by Gasteiger charge is -2.13. The van der Waals surface area contributed by atoms with E-state index < -0.39 is 12.0 Å². The van der Waals surface area contributed by atoms with Crippen LogP contribution in [0.1, 0.15) is 136 Å². The molecule has 0 saturated carbocycles. The first kappa shape index (κ1) is 26.9. The van der Waals surface area contributed by atoms with Crippen molar-refractivity contribution in [3.8, 4) is 0 Å². The number of carboxylic acids is 1. The van der Waals surface area contributed by atoms with Crippen molar-refractivity contribution < 1.29 is 14.7 Å². The first-order valence-electron chi connectivity index (χ1n) is 12.1. The van der Waals surface area contributed by atoms with Gasteiger partial charge in [-0.15, -0.1) is 0 Å². The molecule has 0 aromatic heterocycles. The van der Waals surface area contributed by atoms with Crippen molar-refractivity contribution in [1.82, 2.24) is 5.32 Å². The lowest BCUT2D eigenvalue weighted by atomic mass is 10.0. The monoisotopic (exact) mass is 397 g/mol. The van der Waals surface area contributed by atoms with E-state index in [2.05, 4.69) is 12.2 Å². The number of nitrogens with one attached hydrogen (secondary N) is 1. The molecule has 0 aliphatic carbocycles. The maximum Gasteiger partial charge on any atom is 0.326 e. The minimum atomic E-state index is -0.918. The fraction of sp³-hybridized carbons (Fsp3) is 0.917. The summed E-state index contributed by atoms with van der Waals surface area (Å²) in [4.78, 5) is 23.0. The van der Waals surface area contributed by atoms with Crippen molar-refractivity contribution in [3.05, 3.63) is 0 Å². The fourth-order valence-corrected chi connectivity index (χ4v) is 3.59. The zero-order valence-electron chi connectivity index (χ0n) is 18.8. The summed E-state index contributed by atoms with van der Waals surface area (Å²) in [6, 6.07) is -0.719. The Balaban J connectivity index is 3.38. The lowest BCUT2D eigenvalue weighted by Crippen LogP contribution is -2.40. The van der Waals surface area contributed by atoms with E-state index in [1.54, 1.807) is 0 Å². The molecule has 4 nitrogen and oxygen atoms in total. The Hall–Kier alpha value is -1.06. The fourth-order valence-electron chi connectivity index (χ4n) is 3.59. The number of aliphatic carboxylic acids is 1. The number of carboxylic acid groups (broad SMARTS) is 1. The third-order valence-corrected chi connectivity index (χ3v) is 5.49. The molecule has 166 valence electrons. The van der Waals surface area contributed by atoms with Gasteiger partial charge < -0.3 is 10.4 Å². The third kappa shape index (κ3) is 18.3. The number of hydrogen-bond donors (Lipinski definition) is 2. The van der Waals surface area contributed by atoms with Crippen LogP contribution in [0, 0.1) is 0 Å². The summed E-state index contributed by atoms with van der Waals surface area (Å²) in [5.41, 5.74) is 0. The summed E-state index contributed by atoms with van der Waals surface area (Å²) in [5, 5.41) is 11.8. The van der Waals surface area contributed by atoms with Crippen LogP contribution >= 0.6 is 0 Å². The van der Waals surface area contributed by atoms with Crippen molar-refractivity contribution in [3.63, 3.8) is 0 Å². The molecule has 0 aliphatic rings. The van der Waals surface area contributed by atoms with Gasteiger partial charge in [0.2, 0.25) is 5.91 Å². The maximum absolute atomic E-state index is 11.9. The molecule has 0 aromatic carbocycles. The predicted molar refractivity (Wildman–Crippen MR) is 119 cm³/mol. The van der Waals surface area contributed by atoms with Crippen LogP contribution in [0.15, 0.2) is 0 Å². The molecule has 0 aromatic rings. The molecule has 1 atom stereocenters. The summed E-state index contributed by atoms with van der Waals surface area (Å²) in [6.45, 7) is 4.29. The van der Waals surface area contributed by atoms with Gasteiger partial charge in [-0.2, -0.15) is 0 Å². The number of rotatable bonds is 21. The molecule has 0 radical (unpaired) electrons. The highest BCUT2D eigenvalue weighted by Gasteiger charge is 2.18. The molecule has 0 rings (SSSR count). The number of amides is 1. The second-order valence-electron chi connectivity index (χ2n) is 8.30. The number of hydrogen-bond acceptors (Lipinski definition) is 2. The highest BCUT2D eigenvalue weighted by Crippen LogP contribution is 2.13. The average Bonchev–Trinajstić information content (AvgIpc) is 2.67. The Labute approximate surface area is 174 Å². The Bertz CT molecular complexity index is 371. The van der Waals surface area contributed by atoms with Crippen LogP contribution in [0.5, 0.6) is 0 Å². The van der Waals surface area contributed by atoms with E-state index in [1.165, 1.54) is 83.5 Å². The first-order valence-corrected chi connectivity index (χ1v) is 12.1. The maximum atomic E-state index is 11.9. The van der Waals surface area contributed by atoms with Gasteiger partial charge in [-0.1, -0.05) is 117 Å². The minimum Gasteiger partial charge on any atom is -0.480 e. The van der Waals surface area contributed by atoms with E-state index >= 15 is 0 Å². The largest absolute Gasteiger partial charge is 0.480 e. The molecular weight excluding hydrogens is 350 g/mol. The Morgan fingerprint density at radius 1 is 0.643 bits per heavy atom. The Morgan fingerprint density at radius 2 is 1.04 bits per heavy atom. The van der Waals surface area contributed by atoms with Gasteiger partial charge in [-0.05, 0) is 12.8 Å². The van der Waals surface area contributed by atoms with Gasteiger partial charge >= 0.3 is 5.97 Å². The molecule has 0 heterocycles. The van der Waals surface area contributed by atoms with Crippen molar-refractivity contribution in [2.45, 2.75) is 142 Å². The Kier molecular flexibility index (Phi) is 19.9. The number of carbonyl (C=O) groups is 2. The molecule has 4 heteroatoms. The van der Waals surface area contributed by atoms with Gasteiger partial charge in [0.15, 0.2) is 0 Å². The van der Waals surface area contributed by atoms with Gasteiger partial charge in [0, 0.05) is 6.42 Å². The Morgan fingerprint density at radius 3 is 1.43 bits per heavy atom. The summed E-state index contributed by atoms with van der Waals surface area (Å²) < 4.78 is 0. The molecule has 0 fully saturated rings. The van der Waals surface area contributed by atoms with E-state index in [0.29, 0.717) is 12.8 Å². The number of unbranched alkanes of at least 4 members (excludes halogenated alkanes) is 15. The predicted octanol–water partition coefficient (Wildman–Crippen LogP) is 7.01. The van der Waals surface area contributed by atoms with Gasteiger partial charge in [0.25, 0.3) is 0 Å². The summed E-state index contributed by atoms with van der Waals surface area (Å²) in [7, 11) is 0. The van der Waals surface area contributed by atoms with Crippen molar-refractivity contribution in [2.24, 2.45) is 0 Å². The van der Waals surface area contributed by atoms with Crippen LogP contribution in [0.25, 0.3) is 0 Å².